The minimum Gasteiger partial charge on any atom is -0.466 e. The van der Waals surface area contributed by atoms with Crippen LogP contribution in [-0.4, -0.2) is 44.4 Å². The highest BCUT2D eigenvalue weighted by molar-refractivity contribution is 9.10. The van der Waals surface area contributed by atoms with Gasteiger partial charge in [0.2, 0.25) is 0 Å². The minimum absolute atomic E-state index is 0.127. The van der Waals surface area contributed by atoms with Crippen molar-refractivity contribution in [3.05, 3.63) is 43.8 Å². The number of methoxy groups -OCH3 is 2. The zero-order valence-electron chi connectivity index (χ0n) is 13.1. The first kappa shape index (κ1) is 18.8. The third kappa shape index (κ3) is 3.61. The predicted octanol–water partition coefficient (Wildman–Crippen LogP) is 1.89. The number of carbonyl (C=O) groups excluding carboxylic acids is 2. The van der Waals surface area contributed by atoms with E-state index in [0.29, 0.717) is 0 Å². The molecule has 25 heavy (non-hydrogen) atoms. The maximum atomic E-state index is 13.9. The van der Waals surface area contributed by atoms with Crippen molar-refractivity contribution < 1.29 is 33.1 Å². The lowest BCUT2D eigenvalue weighted by Gasteiger charge is -2.30. The maximum absolute atomic E-state index is 13.9. The van der Waals surface area contributed by atoms with Crippen molar-refractivity contribution in [3.63, 3.8) is 0 Å². The van der Waals surface area contributed by atoms with E-state index in [9.17, 15) is 24.1 Å². The fourth-order valence-electron chi connectivity index (χ4n) is 2.22. The van der Waals surface area contributed by atoms with Gasteiger partial charge in [-0.15, -0.1) is 0 Å². The molecule has 1 aromatic carbocycles. The molecule has 1 aliphatic rings. The Morgan fingerprint density at radius 3 is 2.52 bits per heavy atom. The summed E-state index contributed by atoms with van der Waals surface area (Å²) in [6.45, 7) is -0.590. The van der Waals surface area contributed by atoms with E-state index in [4.69, 9.17) is 4.74 Å². The van der Waals surface area contributed by atoms with Crippen LogP contribution in [0.2, 0.25) is 0 Å². The van der Waals surface area contributed by atoms with Gasteiger partial charge < -0.3 is 19.1 Å². The van der Waals surface area contributed by atoms with Gasteiger partial charge in [-0.25, -0.2) is 14.0 Å². The first-order valence-electron chi connectivity index (χ1n) is 6.70. The number of hydrogen-bond acceptors (Lipinski definition) is 8. The molecule has 0 saturated carbocycles. The highest BCUT2D eigenvalue weighted by Crippen LogP contribution is 2.37. The number of anilines is 1. The quantitative estimate of drug-likeness (QED) is 0.414. The third-order valence-electron chi connectivity index (χ3n) is 3.34. The van der Waals surface area contributed by atoms with Crippen LogP contribution in [0.1, 0.15) is 0 Å². The molecule has 1 aliphatic heterocycles. The molecule has 0 unspecified atom stereocenters. The molecule has 134 valence electrons. The molecule has 0 bridgehead atoms. The average Bonchev–Trinajstić information content (AvgIpc) is 2.61. The van der Waals surface area contributed by atoms with E-state index in [1.54, 1.807) is 0 Å². The van der Waals surface area contributed by atoms with Crippen LogP contribution < -0.4 is 4.90 Å². The fraction of sp³-hybridized carbons (Fsp3) is 0.286. The standard InChI is InChI=1S/C14H12BrFN2O7/c1-23-13(19)7-5-25-6-17(12(7)14(20)24-2)10-4-9(16)8(15)3-11(10)18(21)22/h3-4H,5-6H2,1-2H3. The number of halogens is 2. The van der Waals surface area contributed by atoms with Crippen molar-refractivity contribution in [2.45, 2.75) is 0 Å². The molecular formula is C14H12BrFN2O7. The van der Waals surface area contributed by atoms with Crippen LogP contribution in [0.5, 0.6) is 0 Å². The van der Waals surface area contributed by atoms with E-state index in [1.165, 1.54) is 0 Å². The van der Waals surface area contributed by atoms with Crippen molar-refractivity contribution in [2.75, 3.05) is 32.5 Å². The lowest BCUT2D eigenvalue weighted by Crippen LogP contribution is -2.39. The average molecular weight is 419 g/mol. The van der Waals surface area contributed by atoms with Gasteiger partial charge in [-0.1, -0.05) is 0 Å². The first-order chi connectivity index (χ1) is 11.8. The summed E-state index contributed by atoms with van der Waals surface area (Å²) in [5.74, 6) is -2.61. The molecule has 1 heterocycles. The van der Waals surface area contributed by atoms with Gasteiger partial charge in [0.05, 0.1) is 35.8 Å². The Balaban J connectivity index is 2.72. The van der Waals surface area contributed by atoms with E-state index in [0.717, 1.165) is 31.3 Å². The molecule has 0 fully saturated rings. The zero-order chi connectivity index (χ0) is 18.7. The summed E-state index contributed by atoms with van der Waals surface area (Å²) < 4.78 is 28.3. The number of rotatable bonds is 4. The SMILES string of the molecule is COC(=O)C1=C(C(=O)OC)N(c2cc(F)c(Br)cc2[N+](=O)[O-])COC1. The van der Waals surface area contributed by atoms with Gasteiger partial charge in [0, 0.05) is 12.1 Å². The summed E-state index contributed by atoms with van der Waals surface area (Å²) in [5.41, 5.74) is -1.28. The number of hydrogen-bond donors (Lipinski definition) is 0. The second-order valence-electron chi connectivity index (χ2n) is 4.73. The molecule has 1 aromatic rings. The summed E-state index contributed by atoms with van der Waals surface area (Å²) in [6.07, 6.45) is 0. The van der Waals surface area contributed by atoms with Crippen LogP contribution in [0, 0.1) is 15.9 Å². The predicted molar refractivity (Wildman–Crippen MR) is 85.1 cm³/mol. The van der Waals surface area contributed by atoms with Crippen LogP contribution in [0.25, 0.3) is 0 Å². The van der Waals surface area contributed by atoms with Crippen LogP contribution in [0.15, 0.2) is 27.9 Å². The summed E-state index contributed by atoms with van der Waals surface area (Å²) in [4.78, 5) is 35.6. The fourth-order valence-corrected chi connectivity index (χ4v) is 2.55. The molecule has 0 saturated heterocycles. The molecule has 0 radical (unpaired) electrons. The topological polar surface area (TPSA) is 108 Å². The first-order valence-corrected chi connectivity index (χ1v) is 7.49. The second kappa shape index (κ2) is 7.57. The van der Waals surface area contributed by atoms with Gasteiger partial charge in [-0.3, -0.25) is 10.1 Å². The van der Waals surface area contributed by atoms with Crippen molar-refractivity contribution in [1.82, 2.24) is 0 Å². The summed E-state index contributed by atoms with van der Waals surface area (Å²) in [5, 5.41) is 11.3. The van der Waals surface area contributed by atoms with Gasteiger partial charge in [0.25, 0.3) is 5.69 Å². The molecule has 0 spiro atoms. The molecule has 9 nitrogen and oxygen atoms in total. The number of esters is 2. The lowest BCUT2D eigenvalue weighted by atomic mass is 10.1. The molecule has 0 aromatic heterocycles. The second-order valence-corrected chi connectivity index (χ2v) is 5.58. The molecule has 2 rings (SSSR count). The highest BCUT2D eigenvalue weighted by atomic mass is 79.9. The Morgan fingerprint density at radius 1 is 1.32 bits per heavy atom. The van der Waals surface area contributed by atoms with E-state index in [2.05, 4.69) is 25.4 Å². The largest absolute Gasteiger partial charge is 0.466 e. The molecule has 11 heteroatoms. The van der Waals surface area contributed by atoms with Crippen molar-refractivity contribution in [1.29, 1.82) is 0 Å². The number of nitro groups is 1. The van der Waals surface area contributed by atoms with E-state index >= 15 is 0 Å². The Bertz CT molecular complexity index is 781. The number of benzene rings is 1. The van der Waals surface area contributed by atoms with Gasteiger partial charge >= 0.3 is 11.9 Å². The van der Waals surface area contributed by atoms with Crippen LogP contribution in [-0.2, 0) is 23.8 Å². The highest BCUT2D eigenvalue weighted by Gasteiger charge is 2.35. The van der Waals surface area contributed by atoms with Gasteiger partial charge in [-0.05, 0) is 15.9 Å². The smallest absolute Gasteiger partial charge is 0.355 e. The molecule has 0 aliphatic carbocycles. The van der Waals surface area contributed by atoms with Crippen LogP contribution in [0.4, 0.5) is 15.8 Å². The Kier molecular flexibility index (Phi) is 5.69. The Labute approximate surface area is 149 Å². The Morgan fingerprint density at radius 2 is 1.96 bits per heavy atom. The van der Waals surface area contributed by atoms with Crippen molar-refractivity contribution >= 4 is 39.2 Å². The third-order valence-corrected chi connectivity index (χ3v) is 3.95. The summed E-state index contributed by atoms with van der Waals surface area (Å²) in [7, 11) is 2.18. The van der Waals surface area contributed by atoms with E-state index < -0.39 is 28.4 Å². The maximum Gasteiger partial charge on any atom is 0.355 e. The minimum atomic E-state index is -0.943. The molecular weight excluding hydrogens is 407 g/mol. The number of nitro benzene ring substituents is 1. The van der Waals surface area contributed by atoms with Crippen molar-refractivity contribution in [2.24, 2.45) is 0 Å². The number of ether oxygens (including phenoxy) is 3. The summed E-state index contributed by atoms with van der Waals surface area (Å²) >= 11 is 2.87. The monoisotopic (exact) mass is 418 g/mol. The van der Waals surface area contributed by atoms with Crippen LogP contribution >= 0.6 is 15.9 Å². The zero-order valence-corrected chi connectivity index (χ0v) is 14.7. The van der Waals surface area contributed by atoms with E-state index in [-0.39, 0.29) is 34.8 Å². The lowest BCUT2D eigenvalue weighted by molar-refractivity contribution is -0.384. The normalized spacial score (nSPS) is 14.3. The van der Waals surface area contributed by atoms with E-state index in [1.807, 2.05) is 0 Å². The van der Waals surface area contributed by atoms with Gasteiger partial charge in [0.1, 0.15) is 23.9 Å². The molecule has 0 atom stereocenters. The Hall–Kier alpha value is -2.53. The molecule has 0 N–H and O–H groups in total. The van der Waals surface area contributed by atoms with Crippen LogP contribution in [0.3, 0.4) is 0 Å². The summed E-state index contributed by atoms with van der Waals surface area (Å²) in [6, 6.07) is 1.81. The van der Waals surface area contributed by atoms with Gasteiger partial charge in [0.15, 0.2) is 0 Å². The van der Waals surface area contributed by atoms with Gasteiger partial charge in [-0.2, -0.15) is 0 Å². The van der Waals surface area contributed by atoms with Crippen molar-refractivity contribution in [3.8, 4) is 0 Å². The molecule has 0 amide bonds. The number of nitrogens with zero attached hydrogens (tertiary/aromatic N) is 2. The number of carbonyl (C=O) groups is 2.